The van der Waals surface area contributed by atoms with Crippen molar-refractivity contribution in [1.82, 2.24) is 9.62 Å². The van der Waals surface area contributed by atoms with E-state index in [4.69, 9.17) is 11.2 Å². The molecule has 1 aromatic rings. The van der Waals surface area contributed by atoms with Crippen LogP contribution in [-0.2, 0) is 24.3 Å². The Morgan fingerprint density at radius 3 is 2.71 bits per heavy atom. The summed E-state index contributed by atoms with van der Waals surface area (Å²) in [5.41, 5.74) is 0. The highest BCUT2D eigenvalue weighted by Crippen LogP contribution is 2.26. The van der Waals surface area contributed by atoms with E-state index >= 15 is 0 Å². The second-order valence-electron chi connectivity index (χ2n) is 5.20. The number of hydrogen-bond donors (Lipinski definition) is 1. The second kappa shape index (κ2) is 8.28. The van der Waals surface area contributed by atoms with Gasteiger partial charge in [0, 0.05) is 13.1 Å². The van der Waals surface area contributed by atoms with E-state index in [9.17, 15) is 18.0 Å². The first kappa shape index (κ1) is 18.4. The number of nitrogens with zero attached hydrogens (tertiary/aromatic N) is 1. The fourth-order valence-corrected chi connectivity index (χ4v) is 4.94. The third-order valence-corrected chi connectivity index (χ3v) is 6.88. The Hall–Kier alpha value is -1.89. The van der Waals surface area contributed by atoms with Gasteiger partial charge in [0.1, 0.15) is 4.21 Å². The molecular formula is C15H18N2O5S2. The van der Waals surface area contributed by atoms with Crippen LogP contribution in [0.5, 0.6) is 0 Å². The zero-order chi connectivity index (χ0) is 17.6. The van der Waals surface area contributed by atoms with Gasteiger partial charge in [0.05, 0.1) is 12.5 Å². The summed E-state index contributed by atoms with van der Waals surface area (Å²) in [5, 5.41) is 4.11. The Kier molecular flexibility index (Phi) is 6.36. The molecule has 7 nitrogen and oxygen atoms in total. The molecular weight excluding hydrogens is 352 g/mol. The van der Waals surface area contributed by atoms with Crippen LogP contribution in [0.25, 0.3) is 0 Å². The molecule has 1 amide bonds. The number of amides is 1. The highest BCUT2D eigenvalue weighted by atomic mass is 32.2. The van der Waals surface area contributed by atoms with E-state index in [0.29, 0.717) is 17.1 Å². The summed E-state index contributed by atoms with van der Waals surface area (Å²) in [6, 6.07) is 3.25. The lowest BCUT2D eigenvalue weighted by atomic mass is 9.98. The van der Waals surface area contributed by atoms with Gasteiger partial charge in [-0.25, -0.2) is 8.42 Å². The third-order valence-electron chi connectivity index (χ3n) is 3.61. The molecule has 1 aliphatic rings. The maximum absolute atomic E-state index is 12.4. The lowest BCUT2D eigenvalue weighted by Crippen LogP contribution is -2.40. The quantitative estimate of drug-likeness (QED) is 0.579. The first-order chi connectivity index (χ1) is 11.4. The van der Waals surface area contributed by atoms with Gasteiger partial charge in [-0.1, -0.05) is 12.0 Å². The lowest BCUT2D eigenvalue weighted by molar-refractivity contribution is -0.153. The smallest absolute Gasteiger partial charge is 0.309 e. The number of nitrogens with one attached hydrogen (secondary N) is 1. The zero-order valence-electron chi connectivity index (χ0n) is 12.9. The number of piperidine rings is 1. The minimum Gasteiger partial charge on any atom is -0.455 e. The van der Waals surface area contributed by atoms with Gasteiger partial charge < -0.3 is 10.1 Å². The normalized spacial score (nSPS) is 16.3. The molecule has 0 aromatic carbocycles. The van der Waals surface area contributed by atoms with Gasteiger partial charge in [-0.15, -0.1) is 17.8 Å². The van der Waals surface area contributed by atoms with Crippen LogP contribution in [0.15, 0.2) is 21.7 Å². The first-order valence-electron chi connectivity index (χ1n) is 7.35. The average molecular weight is 370 g/mol. The molecule has 130 valence electrons. The molecule has 0 spiro atoms. The summed E-state index contributed by atoms with van der Waals surface area (Å²) in [7, 11) is -3.49. The van der Waals surface area contributed by atoms with Crippen LogP contribution in [0.1, 0.15) is 12.8 Å². The van der Waals surface area contributed by atoms with Crippen molar-refractivity contribution in [1.29, 1.82) is 0 Å². The molecule has 1 aromatic heterocycles. The highest BCUT2D eigenvalue weighted by Gasteiger charge is 2.33. The van der Waals surface area contributed by atoms with E-state index < -0.39 is 27.8 Å². The Balaban J connectivity index is 1.81. The van der Waals surface area contributed by atoms with Crippen molar-refractivity contribution in [2.45, 2.75) is 17.1 Å². The Morgan fingerprint density at radius 2 is 2.12 bits per heavy atom. The standard InChI is InChI=1S/C15H18N2O5S2/c1-2-7-16-13(18)11-22-15(19)12-5-8-17(9-6-12)24(20,21)14-4-3-10-23-14/h1,3-4,10,12H,5-9,11H2,(H,16,18). The van der Waals surface area contributed by atoms with E-state index in [1.807, 2.05) is 0 Å². The van der Waals surface area contributed by atoms with Crippen LogP contribution in [0, 0.1) is 18.3 Å². The number of carbonyl (C=O) groups excluding carboxylic acids is 2. The number of esters is 1. The molecule has 2 heterocycles. The molecule has 0 unspecified atom stereocenters. The molecule has 0 aliphatic carbocycles. The van der Waals surface area contributed by atoms with Crippen LogP contribution in [0.4, 0.5) is 0 Å². The Morgan fingerprint density at radius 1 is 1.42 bits per heavy atom. The Labute approximate surface area is 145 Å². The molecule has 9 heteroatoms. The fourth-order valence-electron chi connectivity index (χ4n) is 2.32. The molecule has 1 aliphatic heterocycles. The summed E-state index contributed by atoms with van der Waals surface area (Å²) in [4.78, 5) is 23.3. The predicted octanol–water partition coefficient (Wildman–Crippen LogP) is 0.441. The van der Waals surface area contributed by atoms with Gasteiger partial charge in [-0.3, -0.25) is 9.59 Å². The number of hydrogen-bond acceptors (Lipinski definition) is 6. The van der Waals surface area contributed by atoms with Crippen molar-refractivity contribution in [3.63, 3.8) is 0 Å². The molecule has 1 fully saturated rings. The van der Waals surface area contributed by atoms with Crippen LogP contribution >= 0.6 is 11.3 Å². The number of thiophene rings is 1. The van der Waals surface area contributed by atoms with Gasteiger partial charge in [-0.05, 0) is 24.3 Å². The predicted molar refractivity (Wildman–Crippen MR) is 88.6 cm³/mol. The topological polar surface area (TPSA) is 92.8 Å². The largest absolute Gasteiger partial charge is 0.455 e. The van der Waals surface area contributed by atoms with Crippen molar-refractivity contribution in [2.24, 2.45) is 5.92 Å². The molecule has 0 bridgehead atoms. The van der Waals surface area contributed by atoms with Gasteiger partial charge in [0.25, 0.3) is 15.9 Å². The fraction of sp³-hybridized carbons (Fsp3) is 0.467. The van der Waals surface area contributed by atoms with Crippen molar-refractivity contribution < 1.29 is 22.7 Å². The minimum atomic E-state index is -3.49. The maximum atomic E-state index is 12.4. The molecule has 1 saturated heterocycles. The maximum Gasteiger partial charge on any atom is 0.309 e. The Bertz CT molecular complexity index is 714. The van der Waals surface area contributed by atoms with Gasteiger partial charge >= 0.3 is 5.97 Å². The molecule has 24 heavy (non-hydrogen) atoms. The molecule has 0 atom stereocenters. The van der Waals surface area contributed by atoms with E-state index in [2.05, 4.69) is 11.2 Å². The van der Waals surface area contributed by atoms with Crippen LogP contribution < -0.4 is 5.32 Å². The monoisotopic (exact) mass is 370 g/mol. The zero-order valence-corrected chi connectivity index (χ0v) is 14.6. The van der Waals surface area contributed by atoms with Crippen LogP contribution in [0.3, 0.4) is 0 Å². The SMILES string of the molecule is C#CCNC(=O)COC(=O)C1CCN(S(=O)(=O)c2cccs2)CC1. The van der Waals surface area contributed by atoms with Crippen LogP contribution in [0.2, 0.25) is 0 Å². The summed E-state index contributed by atoms with van der Waals surface area (Å²) < 4.78 is 31.4. The van der Waals surface area contributed by atoms with E-state index in [0.717, 1.165) is 0 Å². The van der Waals surface area contributed by atoms with Crippen LogP contribution in [-0.4, -0.2) is 50.8 Å². The van der Waals surface area contributed by atoms with Gasteiger partial charge in [0.15, 0.2) is 6.61 Å². The summed E-state index contributed by atoms with van der Waals surface area (Å²) in [6.45, 7) is 0.205. The molecule has 1 N–H and O–H groups in total. The number of ether oxygens (including phenoxy) is 1. The summed E-state index contributed by atoms with van der Waals surface area (Å²) >= 11 is 1.17. The van der Waals surface area contributed by atoms with Crippen molar-refractivity contribution >= 4 is 33.2 Å². The van der Waals surface area contributed by atoms with E-state index in [-0.39, 0.29) is 26.2 Å². The lowest BCUT2D eigenvalue weighted by Gasteiger charge is -2.29. The number of sulfonamides is 1. The number of carbonyl (C=O) groups is 2. The van der Waals surface area contributed by atoms with Gasteiger partial charge in [-0.2, -0.15) is 4.31 Å². The van der Waals surface area contributed by atoms with Gasteiger partial charge in [0.2, 0.25) is 0 Å². The summed E-state index contributed by atoms with van der Waals surface area (Å²) in [5.74, 6) is 0.897. The molecule has 0 radical (unpaired) electrons. The van der Waals surface area contributed by atoms with Crippen molar-refractivity contribution in [2.75, 3.05) is 26.2 Å². The molecule has 2 rings (SSSR count). The molecule has 0 saturated carbocycles. The summed E-state index contributed by atoms with van der Waals surface area (Å²) in [6.07, 6.45) is 5.75. The second-order valence-corrected chi connectivity index (χ2v) is 8.31. The van der Waals surface area contributed by atoms with E-state index in [1.54, 1.807) is 17.5 Å². The average Bonchev–Trinajstić information content (AvgIpc) is 3.13. The van der Waals surface area contributed by atoms with E-state index in [1.165, 1.54) is 15.6 Å². The number of terminal acetylenes is 1. The third kappa shape index (κ3) is 4.56. The van der Waals surface area contributed by atoms with Crippen molar-refractivity contribution in [3.05, 3.63) is 17.5 Å². The van der Waals surface area contributed by atoms with Crippen molar-refractivity contribution in [3.8, 4) is 12.3 Å². The first-order valence-corrected chi connectivity index (χ1v) is 9.67. The highest BCUT2D eigenvalue weighted by molar-refractivity contribution is 7.91. The number of rotatable bonds is 6. The minimum absolute atomic E-state index is 0.0787.